The van der Waals surface area contributed by atoms with Crippen LogP contribution in [0, 0.1) is 0 Å². The normalized spacial score (nSPS) is 25.1. The summed E-state index contributed by atoms with van der Waals surface area (Å²) in [4.78, 5) is 18.3. The van der Waals surface area contributed by atoms with E-state index in [2.05, 4.69) is 8.51 Å². The van der Waals surface area contributed by atoms with Crippen LogP contribution >= 0.6 is 0 Å². The molecule has 2 aliphatic rings. The van der Waals surface area contributed by atoms with Crippen LogP contribution < -0.4 is 29.9 Å². The van der Waals surface area contributed by atoms with E-state index in [4.69, 9.17) is 4.74 Å². The molecule has 1 aromatic rings. The van der Waals surface area contributed by atoms with E-state index in [1.54, 1.807) is 18.3 Å². The summed E-state index contributed by atoms with van der Waals surface area (Å²) in [5.74, 6) is 0.217. The number of piperidine rings is 1. The number of rotatable bonds is 5. The summed E-state index contributed by atoms with van der Waals surface area (Å²) < 4.78 is 9.39. The monoisotopic (exact) mass is 460 g/mol. The first-order valence-corrected chi connectivity index (χ1v) is 11.4. The van der Waals surface area contributed by atoms with Crippen molar-refractivity contribution in [1.29, 1.82) is 0 Å². The average Bonchev–Trinajstić information content (AvgIpc) is 2.67. The third-order valence-electron chi connectivity index (χ3n) is 4.97. The average molecular weight is 460 g/mol. The molecule has 2 fully saturated rings. The molecule has 1 aliphatic carbocycles. The second-order valence-corrected chi connectivity index (χ2v) is 9.74. The van der Waals surface area contributed by atoms with E-state index in [1.165, 1.54) is 39.2 Å². The second-order valence-electron chi connectivity index (χ2n) is 6.73. The molecule has 1 aromatic heterocycles. The van der Waals surface area contributed by atoms with Crippen molar-refractivity contribution in [1.82, 2.24) is 8.51 Å². The van der Waals surface area contributed by atoms with Crippen LogP contribution in [0.3, 0.4) is 0 Å². The molecule has 7 heteroatoms. The number of pyridine rings is 1. The number of aliphatic hydroxyl groups excluding tert-OH is 1. The van der Waals surface area contributed by atoms with Crippen molar-refractivity contribution in [3.8, 4) is 0 Å². The Morgan fingerprint density at radius 3 is 2.88 bits per heavy atom. The van der Waals surface area contributed by atoms with Crippen molar-refractivity contribution in [3.05, 3.63) is 23.9 Å². The van der Waals surface area contributed by atoms with Crippen LogP contribution in [-0.2, 0) is 4.74 Å². The minimum atomic E-state index is -0.440. The topological polar surface area (TPSA) is 74.7 Å². The molecule has 140 valence electrons. The van der Waals surface area contributed by atoms with Crippen molar-refractivity contribution in [2.45, 2.75) is 54.6 Å². The molecule has 1 saturated heterocycles. The maximum atomic E-state index is 11.9. The van der Waals surface area contributed by atoms with Crippen LogP contribution in [0.5, 0.6) is 0 Å². The Morgan fingerprint density at radius 1 is 1.36 bits per heavy atom. The van der Waals surface area contributed by atoms with Gasteiger partial charge in [0.15, 0.2) is 0 Å². The Hall–Kier alpha value is -0.930. The van der Waals surface area contributed by atoms with Crippen molar-refractivity contribution in [2.75, 3.05) is 25.1 Å². The Kier molecular flexibility index (Phi) is 6.89. The van der Waals surface area contributed by atoms with Crippen LogP contribution in [0.2, 0.25) is 0 Å². The molecule has 0 amide bonds. The van der Waals surface area contributed by atoms with Gasteiger partial charge in [-0.25, -0.2) is 0 Å². The molecule has 3 rings (SSSR count). The number of anilines is 1. The number of β-amino-alcohol motifs (C(OH)–C–C–N with tert-alkyl or cyclic N) is 1. The van der Waals surface area contributed by atoms with Crippen molar-refractivity contribution in [3.63, 3.8) is 0 Å². The van der Waals surface area contributed by atoms with Crippen LogP contribution in [0.1, 0.15) is 48.9 Å². The summed E-state index contributed by atoms with van der Waals surface area (Å²) >= 11 is -0.0564. The van der Waals surface area contributed by atoms with Gasteiger partial charge in [-0.2, -0.15) is 0 Å². The Labute approximate surface area is 160 Å². The van der Waals surface area contributed by atoms with E-state index in [1.807, 2.05) is 4.90 Å². The molecular formula is C18H27IN3O3-. The molecule has 0 bridgehead atoms. The number of hydrogen-bond acceptors (Lipinski definition) is 6. The number of carbonyl (C=O) groups is 1. The fraction of sp³-hybridized carbons (Fsp3) is 0.667. The number of methoxy groups -OCH3 is 1. The summed E-state index contributed by atoms with van der Waals surface area (Å²) in [6.45, 7) is 1.28. The molecule has 6 nitrogen and oxygen atoms in total. The number of hydrogen-bond donors (Lipinski definition) is 2. The van der Waals surface area contributed by atoms with Gasteiger partial charge in [0.2, 0.25) is 0 Å². The van der Waals surface area contributed by atoms with Gasteiger partial charge >= 0.3 is 160 Å². The molecule has 0 radical (unpaired) electrons. The molecule has 2 heterocycles. The third-order valence-corrected chi connectivity index (χ3v) is 8.25. The first kappa shape index (κ1) is 18.8. The number of aliphatic hydroxyl groups is 1. The zero-order valence-electron chi connectivity index (χ0n) is 14.7. The fourth-order valence-corrected chi connectivity index (χ4v) is 6.70. The van der Waals surface area contributed by atoms with E-state index < -0.39 is 6.10 Å². The molecule has 1 saturated carbocycles. The SMILES string of the molecule is COC(=O)c1cccnc1N1CCC(N[I-]C2CCCCC2)C(O)C1. The maximum absolute atomic E-state index is 11.9. The predicted molar refractivity (Wildman–Crippen MR) is 92.2 cm³/mol. The summed E-state index contributed by atoms with van der Waals surface area (Å²) in [6.07, 6.45) is 8.92. The molecule has 2 unspecified atom stereocenters. The van der Waals surface area contributed by atoms with E-state index in [0.717, 1.165) is 16.9 Å². The van der Waals surface area contributed by atoms with Gasteiger partial charge in [-0.15, -0.1) is 0 Å². The van der Waals surface area contributed by atoms with Gasteiger partial charge in [-0.05, 0) is 0 Å². The fourth-order valence-electron chi connectivity index (χ4n) is 3.50. The molecule has 2 atom stereocenters. The first-order chi connectivity index (χ1) is 12.2. The molecule has 25 heavy (non-hydrogen) atoms. The van der Waals surface area contributed by atoms with Crippen LogP contribution in [0.4, 0.5) is 5.82 Å². The van der Waals surface area contributed by atoms with Crippen molar-refractivity contribution < 1.29 is 36.1 Å². The van der Waals surface area contributed by atoms with Gasteiger partial charge in [0.25, 0.3) is 0 Å². The number of esters is 1. The third kappa shape index (κ3) is 4.83. The van der Waals surface area contributed by atoms with Gasteiger partial charge in [0, 0.05) is 0 Å². The molecule has 0 spiro atoms. The first-order valence-electron chi connectivity index (χ1n) is 9.03. The number of alkyl halides is 1. The van der Waals surface area contributed by atoms with E-state index in [0.29, 0.717) is 17.9 Å². The predicted octanol–water partition coefficient (Wildman–Crippen LogP) is -1.27. The summed E-state index contributed by atoms with van der Waals surface area (Å²) in [7, 11) is 1.37. The minimum absolute atomic E-state index is 0.0564. The quantitative estimate of drug-likeness (QED) is 0.247. The zero-order valence-corrected chi connectivity index (χ0v) is 16.8. The number of nitrogens with one attached hydrogen (secondary N) is 1. The van der Waals surface area contributed by atoms with Gasteiger partial charge < -0.3 is 0 Å². The molecule has 0 aromatic carbocycles. The number of ether oxygens (including phenoxy) is 1. The zero-order chi connectivity index (χ0) is 17.6. The summed E-state index contributed by atoms with van der Waals surface area (Å²) in [6, 6.07) is 3.62. The Bertz CT molecular complexity index is 580. The Morgan fingerprint density at radius 2 is 2.16 bits per heavy atom. The number of nitrogens with zero attached hydrogens (tertiary/aromatic N) is 2. The van der Waals surface area contributed by atoms with E-state index in [-0.39, 0.29) is 33.5 Å². The van der Waals surface area contributed by atoms with E-state index in [9.17, 15) is 9.90 Å². The standard InChI is InChI=1S/C18H27IN3O3/c1-25-18(24)14-8-5-10-20-17(14)22-11-9-15(16(23)12-22)21-19-13-6-3-2-4-7-13/h5,8,10,13,15-16,21,23H,2-4,6-7,9,11-12H2,1H3/q-1. The van der Waals surface area contributed by atoms with Crippen LogP contribution in [0.25, 0.3) is 0 Å². The molecular weight excluding hydrogens is 433 g/mol. The Balaban J connectivity index is 1.57. The van der Waals surface area contributed by atoms with Crippen LogP contribution in [-0.4, -0.2) is 52.3 Å². The summed E-state index contributed by atoms with van der Waals surface area (Å²) in [5, 5.41) is 10.6. The van der Waals surface area contributed by atoms with Gasteiger partial charge in [-0.3, -0.25) is 0 Å². The van der Waals surface area contributed by atoms with E-state index >= 15 is 0 Å². The summed E-state index contributed by atoms with van der Waals surface area (Å²) in [5.41, 5.74) is 0.457. The van der Waals surface area contributed by atoms with Crippen LogP contribution in [0.15, 0.2) is 18.3 Å². The van der Waals surface area contributed by atoms with Gasteiger partial charge in [0.05, 0.1) is 0 Å². The second kappa shape index (κ2) is 9.14. The molecule has 1 aliphatic heterocycles. The number of halogens is 1. The van der Waals surface area contributed by atoms with Gasteiger partial charge in [0.1, 0.15) is 0 Å². The van der Waals surface area contributed by atoms with Crippen molar-refractivity contribution >= 4 is 11.8 Å². The van der Waals surface area contributed by atoms with Gasteiger partial charge in [-0.1, -0.05) is 0 Å². The van der Waals surface area contributed by atoms with Crippen molar-refractivity contribution in [2.24, 2.45) is 0 Å². The number of aromatic nitrogens is 1. The number of carbonyl (C=O) groups excluding carboxylic acids is 1. The molecule has 2 N–H and O–H groups in total.